The monoisotopic (exact) mass is 933 g/mol. The highest BCUT2D eigenvalue weighted by Gasteiger charge is 2.56. The number of nitrogens with two attached hydrogens (primary N) is 1. The molecule has 65 heavy (non-hydrogen) atoms. The average Bonchev–Trinajstić information content (AvgIpc) is 3.19. The van der Waals surface area contributed by atoms with Crippen molar-refractivity contribution >= 4 is 23.7 Å². The van der Waals surface area contributed by atoms with Gasteiger partial charge in [0.25, 0.3) is 0 Å². The van der Waals surface area contributed by atoms with E-state index < -0.39 is 150 Å². The number of ketones is 1. The van der Waals surface area contributed by atoms with Gasteiger partial charge in [-0.25, -0.2) is 0 Å². The predicted octanol–water partition coefficient (Wildman–Crippen LogP) is 2.12. The van der Waals surface area contributed by atoms with Crippen LogP contribution in [0.3, 0.4) is 0 Å². The maximum absolute atomic E-state index is 14.7. The number of carbonyl (C=O) groups is 4. The molecule has 0 bridgehead atoms. The van der Waals surface area contributed by atoms with Crippen molar-refractivity contribution in [3.63, 3.8) is 0 Å². The van der Waals surface area contributed by atoms with E-state index in [2.05, 4.69) is 0 Å². The molecule has 0 aromatic carbocycles. The molecule has 19 heteroatoms. The molecular weight excluding hydrogens is 853 g/mol. The highest BCUT2D eigenvalue weighted by molar-refractivity contribution is 5.83. The molecule has 0 unspecified atom stereocenters. The lowest BCUT2D eigenvalue weighted by Gasteiger charge is -2.49. The quantitative estimate of drug-likeness (QED) is 0.155. The molecule has 0 radical (unpaired) electrons. The number of aliphatic hydroxyl groups is 4. The first-order valence-electron chi connectivity index (χ1n) is 23.2. The summed E-state index contributed by atoms with van der Waals surface area (Å²) in [5, 5.41) is 47.5. The molecular formula is C46H80N2O17. The third-order valence-electron chi connectivity index (χ3n) is 14.0. The van der Waals surface area contributed by atoms with Gasteiger partial charge in [0, 0.05) is 56.5 Å². The molecule has 0 amide bonds. The Labute approximate surface area is 384 Å². The summed E-state index contributed by atoms with van der Waals surface area (Å²) >= 11 is 0. The second-order valence-electron chi connectivity index (χ2n) is 20.2. The van der Waals surface area contributed by atoms with Crippen molar-refractivity contribution in [1.82, 2.24) is 4.90 Å². The smallest absolute Gasteiger partial charge is 0.311 e. The van der Waals surface area contributed by atoms with Gasteiger partial charge in [-0.3, -0.25) is 19.2 Å². The van der Waals surface area contributed by atoms with Gasteiger partial charge in [0.1, 0.15) is 29.7 Å². The SMILES string of the molecule is CC[C@H]1OC(=O)[C@H](C)[C@@H](O[C@H]2C[C@@](C)(OC(C)=O)[C@@H](OC(C)=O)[C@H](C)O2)[C@H](C)[C@@H](O[C@@H]2O[C@H](C)C[C@H](N(C)C)[C@H]2O)[C@](C)(O)C[C@@H](C)C(=O)[C@H](C)[C@@H](O[C@H]2C[C@@H](N)[C@@H](O)[C@@H](C)O2)[C@]1(C)O. The molecule has 0 saturated carbocycles. The summed E-state index contributed by atoms with van der Waals surface area (Å²) in [5.41, 5.74) is 0.849. The first-order chi connectivity index (χ1) is 29.9. The molecule has 0 aliphatic carbocycles. The van der Waals surface area contributed by atoms with Gasteiger partial charge in [-0.05, 0) is 81.8 Å². The molecule has 6 N–H and O–H groups in total. The first-order valence-corrected chi connectivity index (χ1v) is 23.2. The van der Waals surface area contributed by atoms with Crippen molar-refractivity contribution in [2.45, 2.75) is 231 Å². The molecule has 19 nitrogen and oxygen atoms in total. The fourth-order valence-electron chi connectivity index (χ4n) is 10.6. The lowest BCUT2D eigenvalue weighted by Crippen LogP contribution is -2.62. The van der Waals surface area contributed by atoms with Gasteiger partial charge in [0.2, 0.25) is 0 Å². The zero-order valence-corrected chi connectivity index (χ0v) is 41.1. The number of carbonyl (C=O) groups excluding carboxylic acids is 4. The summed E-state index contributed by atoms with van der Waals surface area (Å²) in [6, 6.07) is -1.13. The third-order valence-corrected chi connectivity index (χ3v) is 14.0. The van der Waals surface area contributed by atoms with Crippen LogP contribution >= 0.6 is 0 Å². The molecule has 4 fully saturated rings. The Morgan fingerprint density at radius 3 is 1.95 bits per heavy atom. The Bertz CT molecular complexity index is 1620. The zero-order chi connectivity index (χ0) is 49.3. The largest absolute Gasteiger partial charge is 0.459 e. The van der Waals surface area contributed by atoms with Crippen molar-refractivity contribution in [2.24, 2.45) is 29.4 Å². The van der Waals surface area contributed by atoms with Crippen LogP contribution in [0.25, 0.3) is 0 Å². The van der Waals surface area contributed by atoms with Gasteiger partial charge in [-0.2, -0.15) is 0 Å². The molecule has 0 aromatic rings. The number of ether oxygens (including phenoxy) is 9. The minimum Gasteiger partial charge on any atom is -0.459 e. The Hall–Kier alpha value is -2.40. The van der Waals surface area contributed by atoms with E-state index in [-0.39, 0.29) is 31.8 Å². The minimum absolute atomic E-state index is 0.0369. The second kappa shape index (κ2) is 21.9. The number of Topliss-reactive ketones (excluding diaryl/α,β-unsaturated/α-hetero) is 1. The van der Waals surface area contributed by atoms with Crippen LogP contribution in [0.1, 0.15) is 122 Å². The zero-order valence-electron chi connectivity index (χ0n) is 41.1. The van der Waals surface area contributed by atoms with E-state index in [1.807, 2.05) is 25.9 Å². The predicted molar refractivity (Wildman–Crippen MR) is 232 cm³/mol. The van der Waals surface area contributed by atoms with Crippen LogP contribution in [0.4, 0.5) is 0 Å². The Kier molecular flexibility index (Phi) is 18.6. The Morgan fingerprint density at radius 1 is 0.785 bits per heavy atom. The van der Waals surface area contributed by atoms with Crippen LogP contribution in [0.5, 0.6) is 0 Å². The number of cyclic esters (lactones) is 1. The van der Waals surface area contributed by atoms with E-state index in [1.54, 1.807) is 55.4 Å². The van der Waals surface area contributed by atoms with Gasteiger partial charge >= 0.3 is 17.9 Å². The summed E-state index contributed by atoms with van der Waals surface area (Å²) in [6.07, 6.45) is -13.7. The Balaban J connectivity index is 1.87. The average molecular weight is 933 g/mol. The van der Waals surface area contributed by atoms with Gasteiger partial charge in [0.05, 0.1) is 48.1 Å². The number of aliphatic hydroxyl groups excluding tert-OH is 2. The molecule has 0 spiro atoms. The molecule has 4 saturated heterocycles. The van der Waals surface area contributed by atoms with Crippen molar-refractivity contribution in [1.29, 1.82) is 0 Å². The summed E-state index contributed by atoms with van der Waals surface area (Å²) in [6.45, 7) is 20.3. The molecule has 0 aromatic heterocycles. The van der Waals surface area contributed by atoms with E-state index in [9.17, 15) is 39.6 Å². The van der Waals surface area contributed by atoms with E-state index in [0.29, 0.717) is 6.42 Å². The van der Waals surface area contributed by atoms with E-state index in [1.165, 1.54) is 27.7 Å². The van der Waals surface area contributed by atoms with Crippen molar-refractivity contribution < 1.29 is 82.2 Å². The molecule has 4 heterocycles. The van der Waals surface area contributed by atoms with Crippen LogP contribution in [0.2, 0.25) is 0 Å². The number of rotatable bonds is 10. The summed E-state index contributed by atoms with van der Waals surface area (Å²) in [4.78, 5) is 55.9. The number of hydrogen-bond acceptors (Lipinski definition) is 19. The Morgan fingerprint density at radius 2 is 1.40 bits per heavy atom. The van der Waals surface area contributed by atoms with Crippen LogP contribution in [-0.4, -0.2) is 172 Å². The molecule has 4 rings (SSSR count). The van der Waals surface area contributed by atoms with Gasteiger partial charge in [-0.15, -0.1) is 0 Å². The molecule has 376 valence electrons. The third kappa shape index (κ3) is 12.8. The van der Waals surface area contributed by atoms with Crippen LogP contribution in [0, 0.1) is 23.7 Å². The van der Waals surface area contributed by atoms with E-state index in [0.717, 1.165) is 0 Å². The topological polar surface area (TPSA) is 262 Å². The minimum atomic E-state index is -2.03. The van der Waals surface area contributed by atoms with Gasteiger partial charge in [0.15, 0.2) is 30.6 Å². The number of nitrogens with zero attached hydrogens (tertiary/aromatic N) is 1. The van der Waals surface area contributed by atoms with Crippen molar-refractivity contribution in [3.8, 4) is 0 Å². The summed E-state index contributed by atoms with van der Waals surface area (Å²) in [7, 11) is 3.65. The molecule has 4 aliphatic rings. The van der Waals surface area contributed by atoms with Crippen LogP contribution in [-0.2, 0) is 61.8 Å². The lowest BCUT2D eigenvalue weighted by molar-refractivity contribution is -0.318. The van der Waals surface area contributed by atoms with E-state index in [4.69, 9.17) is 48.4 Å². The maximum Gasteiger partial charge on any atom is 0.311 e. The first kappa shape index (κ1) is 55.2. The lowest BCUT2D eigenvalue weighted by atomic mass is 9.74. The maximum atomic E-state index is 14.7. The summed E-state index contributed by atoms with van der Waals surface area (Å²) < 4.78 is 56.0. The normalized spacial score (nSPS) is 47.4. The highest BCUT2D eigenvalue weighted by atomic mass is 16.7. The number of hydrogen-bond donors (Lipinski definition) is 5. The summed E-state index contributed by atoms with van der Waals surface area (Å²) in [5.74, 6) is -6.67. The van der Waals surface area contributed by atoms with Crippen molar-refractivity contribution in [2.75, 3.05) is 14.1 Å². The van der Waals surface area contributed by atoms with Gasteiger partial charge in [-0.1, -0.05) is 27.7 Å². The fraction of sp³-hybridized carbons (Fsp3) is 0.913. The van der Waals surface area contributed by atoms with E-state index >= 15 is 0 Å². The molecule has 22 atom stereocenters. The number of likely N-dealkylation sites (N-methyl/N-ethyl adjacent to an activating group) is 1. The van der Waals surface area contributed by atoms with Crippen LogP contribution < -0.4 is 5.73 Å². The second-order valence-corrected chi connectivity index (χ2v) is 20.2. The molecule has 4 aliphatic heterocycles. The fourth-order valence-corrected chi connectivity index (χ4v) is 10.6. The van der Waals surface area contributed by atoms with Gasteiger partial charge < -0.3 is 73.7 Å². The van der Waals surface area contributed by atoms with Crippen LogP contribution in [0.15, 0.2) is 0 Å². The highest BCUT2D eigenvalue weighted by Crippen LogP contribution is 2.42. The van der Waals surface area contributed by atoms with Crippen molar-refractivity contribution in [3.05, 3.63) is 0 Å². The standard InChI is InChI=1S/C46H80N2O17/c1-16-32-46(13,56)40(63-33-18-30(47)36(52)26(7)58-33)23(4)35(51)21(2)19-44(11,55)39(64-43-37(53)31(48(14)15)17-22(3)57-43)24(5)38(25(6)42(54)61-32)62-34-20-45(12,65-29(10)50)41(27(8)59-34)60-28(9)49/h21-27,30-34,36-41,43,52-53,55-56H,16-20,47H2,1-15H3/t21-,22-,23+,24+,25-,26-,27+,30-,31+,32-,33+,34+,36+,37-,38+,39-,40-,41+,43+,44-,45-,46-/m1/s1. The number of esters is 3.